The summed E-state index contributed by atoms with van der Waals surface area (Å²) in [6.45, 7) is 0. The number of hydrogen-bond acceptors (Lipinski definition) is 2. The van der Waals surface area contributed by atoms with Crippen molar-refractivity contribution in [3.63, 3.8) is 0 Å². The van der Waals surface area contributed by atoms with E-state index in [0.29, 0.717) is 9.13 Å². The molecule has 3 heterocycles. The van der Waals surface area contributed by atoms with E-state index in [1.54, 1.807) is 0 Å². The summed E-state index contributed by atoms with van der Waals surface area (Å²) >= 11 is 0. The predicted molar refractivity (Wildman–Crippen MR) is 136 cm³/mol. The highest BCUT2D eigenvalue weighted by Gasteiger charge is 2.40. The molecule has 0 bridgehead atoms. The van der Waals surface area contributed by atoms with Gasteiger partial charge in [-0.15, -0.1) is 0 Å². The van der Waals surface area contributed by atoms with E-state index in [0.717, 1.165) is 21.8 Å². The summed E-state index contributed by atoms with van der Waals surface area (Å²) in [5.41, 5.74) is 5.61. The first-order valence-corrected chi connectivity index (χ1v) is 12.2. The second-order valence-electron chi connectivity index (χ2n) is 8.61. The maximum atomic E-state index is 4.56. The number of aromatic nitrogens is 2. The minimum atomic E-state index is -0.377. The average molecular weight is 436 g/mol. The van der Waals surface area contributed by atoms with Crippen LogP contribution in [0.4, 0.5) is 0 Å². The molecule has 1 aliphatic carbocycles. The Morgan fingerprint density at radius 2 is 1.33 bits per heavy atom. The first kappa shape index (κ1) is 18.6. The lowest BCUT2D eigenvalue weighted by Crippen LogP contribution is -2.32. The van der Waals surface area contributed by atoms with Crippen LogP contribution in [0.3, 0.4) is 0 Å². The molecule has 0 atom stereocenters. The van der Waals surface area contributed by atoms with Crippen molar-refractivity contribution in [3.8, 4) is 0 Å². The molecule has 0 saturated heterocycles. The minimum Gasteiger partial charge on any atom is -0.256 e. The van der Waals surface area contributed by atoms with E-state index in [4.69, 9.17) is 0 Å². The normalized spacial score (nSPS) is 15.8. The van der Waals surface area contributed by atoms with Gasteiger partial charge < -0.3 is 0 Å². The Balaban J connectivity index is 1.63. The van der Waals surface area contributed by atoms with Crippen molar-refractivity contribution < 1.29 is 0 Å². The lowest BCUT2D eigenvalue weighted by Gasteiger charge is -2.37. The van der Waals surface area contributed by atoms with Gasteiger partial charge >= 0.3 is 0 Å². The molecule has 33 heavy (non-hydrogen) atoms. The molecule has 2 aromatic heterocycles. The molecule has 1 aliphatic heterocycles. The van der Waals surface area contributed by atoms with Crippen molar-refractivity contribution in [3.05, 3.63) is 142 Å². The minimum absolute atomic E-state index is 0.377. The standard InChI is InChI=1S/C30H19N2Si/c1-2-9-27-24(8-1)29-28(33-27)10-3-15-30(29,22-11-13-25-20(18-22)6-4-16-31-25)23-12-14-26-21(19-23)7-5-17-32-26/h1-19H. The van der Waals surface area contributed by atoms with E-state index < -0.39 is 0 Å². The first-order valence-electron chi connectivity index (χ1n) is 11.2. The molecule has 0 N–H and O–H groups in total. The van der Waals surface area contributed by atoms with Gasteiger partial charge in [0.15, 0.2) is 0 Å². The van der Waals surface area contributed by atoms with Gasteiger partial charge in [0.1, 0.15) is 0 Å². The Morgan fingerprint density at radius 3 is 2.03 bits per heavy atom. The summed E-state index contributed by atoms with van der Waals surface area (Å²) in [7, 11) is 0.676. The number of rotatable bonds is 2. The number of nitrogens with zero attached hydrogens (tertiary/aromatic N) is 2. The van der Waals surface area contributed by atoms with Crippen LogP contribution < -0.4 is 5.22 Å². The molecule has 7 rings (SSSR count). The lowest BCUT2D eigenvalue weighted by atomic mass is 9.66. The highest BCUT2D eigenvalue weighted by Crippen LogP contribution is 2.47. The zero-order chi connectivity index (χ0) is 21.8. The summed E-state index contributed by atoms with van der Waals surface area (Å²) in [5, 5.41) is 5.12. The quantitative estimate of drug-likeness (QED) is 0.350. The van der Waals surface area contributed by atoms with E-state index in [-0.39, 0.29) is 5.41 Å². The Bertz CT molecular complexity index is 1700. The molecule has 0 saturated carbocycles. The third kappa shape index (κ3) is 2.69. The SMILES string of the molecule is C1=CC(c2ccc3ncccc3c2)(c2ccc3ncccc3c2)C2=c3ccccc3=[Si]C2=C1. The second kappa shape index (κ2) is 7.02. The number of pyridine rings is 2. The van der Waals surface area contributed by atoms with Crippen molar-refractivity contribution >= 4 is 36.5 Å². The molecule has 3 heteroatoms. The van der Waals surface area contributed by atoms with Crippen molar-refractivity contribution in [2.75, 3.05) is 0 Å². The molecule has 0 unspecified atom stereocenters. The van der Waals surface area contributed by atoms with Gasteiger partial charge in [0, 0.05) is 23.2 Å². The molecule has 3 aromatic carbocycles. The number of hydrogen-bond donors (Lipinski definition) is 0. The Labute approximate surface area is 193 Å². The van der Waals surface area contributed by atoms with Gasteiger partial charge in [0.25, 0.3) is 0 Å². The van der Waals surface area contributed by atoms with Gasteiger partial charge in [0.2, 0.25) is 0 Å². The highest BCUT2D eigenvalue weighted by molar-refractivity contribution is 6.45. The Hall–Kier alpha value is -3.95. The van der Waals surface area contributed by atoms with Crippen LogP contribution in [0.25, 0.3) is 27.4 Å². The summed E-state index contributed by atoms with van der Waals surface area (Å²) < 4.78 is 0. The third-order valence-corrected chi connectivity index (χ3v) is 8.25. The topological polar surface area (TPSA) is 25.8 Å². The highest BCUT2D eigenvalue weighted by atomic mass is 28.2. The van der Waals surface area contributed by atoms with Gasteiger partial charge in [-0.2, -0.15) is 0 Å². The van der Waals surface area contributed by atoms with Crippen LogP contribution >= 0.6 is 0 Å². The van der Waals surface area contributed by atoms with E-state index in [1.807, 2.05) is 24.5 Å². The zero-order valence-corrected chi connectivity index (χ0v) is 18.9. The Morgan fingerprint density at radius 1 is 0.667 bits per heavy atom. The van der Waals surface area contributed by atoms with Crippen LogP contribution in [0.2, 0.25) is 0 Å². The van der Waals surface area contributed by atoms with Crippen LogP contribution in [0.1, 0.15) is 11.1 Å². The van der Waals surface area contributed by atoms with Crippen LogP contribution in [0, 0.1) is 4.81 Å². The molecule has 2 nitrogen and oxygen atoms in total. The predicted octanol–water partition coefficient (Wildman–Crippen LogP) is 5.34. The van der Waals surface area contributed by atoms with Gasteiger partial charge in [-0.3, -0.25) is 9.97 Å². The average Bonchev–Trinajstić information content (AvgIpc) is 3.27. The molecule has 5 aromatic rings. The fourth-order valence-electron chi connectivity index (χ4n) is 5.37. The molecule has 0 amide bonds. The molecular weight excluding hydrogens is 416 g/mol. The number of fused-ring (bicyclic) bond motifs is 4. The molecule has 1 radical (unpaired) electrons. The van der Waals surface area contributed by atoms with E-state index in [1.165, 1.54) is 31.9 Å². The van der Waals surface area contributed by atoms with E-state index in [2.05, 4.69) is 101 Å². The van der Waals surface area contributed by atoms with Crippen LogP contribution in [-0.2, 0) is 5.41 Å². The van der Waals surface area contributed by atoms with Crippen molar-refractivity contribution in [2.45, 2.75) is 5.41 Å². The smallest absolute Gasteiger partial charge is 0.0702 e. The fourth-order valence-corrected chi connectivity index (χ4v) is 6.82. The summed E-state index contributed by atoms with van der Waals surface area (Å²) in [5.74, 6) is 0. The van der Waals surface area contributed by atoms with Crippen molar-refractivity contribution in [1.29, 1.82) is 0 Å². The van der Waals surface area contributed by atoms with Gasteiger partial charge in [-0.25, -0.2) is 0 Å². The van der Waals surface area contributed by atoms with E-state index >= 15 is 0 Å². The largest absolute Gasteiger partial charge is 0.256 e. The monoisotopic (exact) mass is 435 g/mol. The van der Waals surface area contributed by atoms with Crippen LogP contribution in [-0.4, -0.2) is 19.1 Å². The first-order chi connectivity index (χ1) is 16.3. The van der Waals surface area contributed by atoms with Gasteiger partial charge in [-0.1, -0.05) is 66.8 Å². The molecule has 0 fully saturated rings. The fraction of sp³-hybridized carbons (Fsp3) is 0.0333. The third-order valence-electron chi connectivity index (χ3n) is 6.86. The van der Waals surface area contributed by atoms with Gasteiger partial charge in [-0.05, 0) is 68.3 Å². The number of benzene rings is 3. The maximum absolute atomic E-state index is 4.56. The summed E-state index contributed by atoms with van der Waals surface area (Å²) in [6.07, 6.45) is 10.7. The molecule has 153 valence electrons. The molecule has 0 spiro atoms. The zero-order valence-electron chi connectivity index (χ0n) is 17.9. The van der Waals surface area contributed by atoms with Crippen molar-refractivity contribution in [1.82, 2.24) is 9.97 Å². The Kier molecular flexibility index (Phi) is 3.96. The van der Waals surface area contributed by atoms with E-state index in [9.17, 15) is 0 Å². The summed E-state index contributed by atoms with van der Waals surface area (Å²) in [4.78, 5) is 10.6. The second-order valence-corrected chi connectivity index (χ2v) is 9.94. The molecular formula is C30H19N2Si. The summed E-state index contributed by atoms with van der Waals surface area (Å²) in [6, 6.07) is 30.7. The molecule has 2 aliphatic rings. The maximum Gasteiger partial charge on any atom is 0.0702 e. The lowest BCUT2D eigenvalue weighted by molar-refractivity contribution is 0.834. The number of allylic oxidation sites excluding steroid dienone is 4. The van der Waals surface area contributed by atoms with Crippen LogP contribution in [0.15, 0.2) is 121 Å². The van der Waals surface area contributed by atoms with Gasteiger partial charge in [0.05, 0.1) is 25.6 Å². The van der Waals surface area contributed by atoms with Crippen LogP contribution in [0.5, 0.6) is 0 Å². The van der Waals surface area contributed by atoms with Crippen molar-refractivity contribution in [2.24, 2.45) is 0 Å².